The Kier molecular flexibility index (Phi) is 69.6. The van der Waals surface area contributed by atoms with Crippen molar-refractivity contribution < 1.29 is 0 Å². The molecule has 4 radical (unpaired) electrons. The SMILES string of the molecule is [CH2]CCC.[CH2]CCC.[N-]=S=N[S-].[Sn+2]. The van der Waals surface area contributed by atoms with E-state index in [9.17, 15) is 0 Å². The smallest absolute Gasteiger partial charge is 0.734 e. The summed E-state index contributed by atoms with van der Waals surface area (Å²) >= 11 is 4.19. The van der Waals surface area contributed by atoms with Crippen LogP contribution in [0.3, 0.4) is 0 Å². The summed E-state index contributed by atoms with van der Waals surface area (Å²) in [6.45, 7) is 11.4. The molecule has 0 heterocycles. The molecule has 0 amide bonds. The van der Waals surface area contributed by atoms with Crippen LogP contribution >= 0.6 is 0 Å². The van der Waals surface area contributed by atoms with E-state index < -0.39 is 0 Å². The summed E-state index contributed by atoms with van der Waals surface area (Å²) in [5.74, 6) is 0. The second kappa shape index (κ2) is 38.3. The standard InChI is InChI=1S/2C4H9.HN2S2.Sn/c2*1-3-4-2;1-4-2-3;/h2*1,3-4H2,2H3;3H;/q;;-1;+2/p-1. The third-order valence-electron chi connectivity index (χ3n) is 0.740. The van der Waals surface area contributed by atoms with Gasteiger partial charge in [0.15, 0.2) is 0 Å². The Balaban J connectivity index is -0.0000000450. The molecule has 0 aliphatic heterocycles. The van der Waals surface area contributed by atoms with E-state index in [0.29, 0.717) is 11.4 Å². The number of hydrogen-bond donors (Lipinski definition) is 0. The Bertz CT molecular complexity index is 88.1. The van der Waals surface area contributed by atoms with Gasteiger partial charge in [0.1, 0.15) is 0 Å². The van der Waals surface area contributed by atoms with Gasteiger partial charge in [0, 0.05) is 0 Å². The Morgan fingerprint density at radius 3 is 1.38 bits per heavy atom. The van der Waals surface area contributed by atoms with Gasteiger partial charge in [-0.2, -0.15) is 0 Å². The van der Waals surface area contributed by atoms with E-state index in [-0.39, 0.29) is 23.9 Å². The molecule has 0 aliphatic rings. The Labute approximate surface area is 109 Å². The average Bonchev–Trinajstić information content (AvgIpc) is 2.18. The molecular weight excluding hydrogens is 307 g/mol. The molecule has 0 unspecified atom stereocenters. The van der Waals surface area contributed by atoms with Gasteiger partial charge in [-0.25, -0.2) is 11.4 Å². The fourth-order valence-electron chi connectivity index (χ4n) is 0. The van der Waals surface area contributed by atoms with Crippen LogP contribution in [0.2, 0.25) is 0 Å². The van der Waals surface area contributed by atoms with Crippen molar-refractivity contribution in [2.24, 2.45) is 3.77 Å². The fraction of sp³-hybridized carbons (Fsp3) is 0.750. The van der Waals surface area contributed by atoms with Gasteiger partial charge in [-0.1, -0.05) is 53.4 Å². The maximum Gasteiger partial charge on any atom is 2.00 e. The molecule has 76 valence electrons. The van der Waals surface area contributed by atoms with Crippen molar-refractivity contribution in [1.29, 1.82) is 0 Å². The maximum absolute atomic E-state index is 7.52. The summed E-state index contributed by atoms with van der Waals surface area (Å²) in [5, 5.41) is 0. The minimum absolute atomic E-state index is 0. The molecule has 0 saturated heterocycles. The molecule has 0 spiro atoms. The minimum Gasteiger partial charge on any atom is -0.734 e. The van der Waals surface area contributed by atoms with Crippen LogP contribution in [0, 0.1) is 13.8 Å². The predicted octanol–water partition coefficient (Wildman–Crippen LogP) is 3.33. The summed E-state index contributed by atoms with van der Waals surface area (Å²) in [6, 6.07) is 0. The molecule has 5 heteroatoms. The number of nitrogens with zero attached hydrogens (tertiary/aromatic N) is 2. The van der Waals surface area contributed by atoms with Crippen molar-refractivity contribution >= 4 is 48.1 Å². The third kappa shape index (κ3) is 99.1. The number of rotatable bonds is 2. The van der Waals surface area contributed by atoms with Crippen molar-refractivity contribution in [3.63, 3.8) is 0 Å². The Morgan fingerprint density at radius 1 is 1.23 bits per heavy atom. The monoisotopic (exact) mass is 326 g/mol. The van der Waals surface area contributed by atoms with Crippen LogP contribution in [0.1, 0.15) is 39.5 Å². The molecule has 0 bridgehead atoms. The first kappa shape index (κ1) is 23.6. The Morgan fingerprint density at radius 2 is 1.38 bits per heavy atom. The van der Waals surface area contributed by atoms with Gasteiger partial charge in [-0.3, -0.25) is 0 Å². The Hall–Kier alpha value is 0.969. The van der Waals surface area contributed by atoms with Crippen LogP contribution in [0.4, 0.5) is 0 Å². The largest absolute Gasteiger partial charge is 2.00 e. The van der Waals surface area contributed by atoms with Gasteiger partial charge in [0.2, 0.25) is 0 Å². The summed E-state index contributed by atoms with van der Waals surface area (Å²) in [7, 11) is 0. The van der Waals surface area contributed by atoms with Crippen LogP contribution in [0.25, 0.3) is 4.78 Å². The van der Waals surface area contributed by atoms with E-state index in [1.807, 2.05) is 0 Å². The molecule has 0 N–H and O–H groups in total. The third-order valence-corrected chi connectivity index (χ3v) is 1.01. The van der Waals surface area contributed by atoms with Crippen molar-refractivity contribution in [1.82, 2.24) is 0 Å². The number of hydrogen-bond acceptors (Lipinski definition) is 2. The first-order valence-corrected chi connectivity index (χ1v) is 5.06. The quantitative estimate of drug-likeness (QED) is 0.566. The van der Waals surface area contributed by atoms with Crippen molar-refractivity contribution in [2.75, 3.05) is 0 Å². The zero-order chi connectivity index (χ0) is 10.2. The summed E-state index contributed by atoms with van der Waals surface area (Å²) in [6.07, 6.45) is 4.56. The molecule has 0 fully saturated rings. The van der Waals surface area contributed by atoms with E-state index in [2.05, 4.69) is 44.3 Å². The van der Waals surface area contributed by atoms with E-state index in [1.165, 1.54) is 12.8 Å². The summed E-state index contributed by atoms with van der Waals surface area (Å²) < 4.78 is 10.3. The fourth-order valence-corrected chi connectivity index (χ4v) is 0. The predicted molar refractivity (Wildman–Crippen MR) is 66.8 cm³/mol. The molecule has 0 aromatic carbocycles. The topological polar surface area (TPSA) is 34.7 Å². The van der Waals surface area contributed by atoms with Gasteiger partial charge in [-0.05, 0) is 0 Å². The molecule has 0 rings (SSSR count). The minimum atomic E-state index is 0. The molecule has 0 aromatic rings. The molecular formula is C8H18N2S2Sn. The molecule has 0 aliphatic carbocycles. The van der Waals surface area contributed by atoms with Gasteiger partial charge in [-0.15, -0.1) is 0 Å². The van der Waals surface area contributed by atoms with Crippen molar-refractivity contribution in [3.05, 3.63) is 18.6 Å². The van der Waals surface area contributed by atoms with Gasteiger partial charge < -0.3 is 21.4 Å². The molecule has 0 aromatic heterocycles. The average molecular weight is 325 g/mol. The van der Waals surface area contributed by atoms with Crippen LogP contribution in [-0.2, 0) is 24.2 Å². The summed E-state index contributed by atoms with van der Waals surface area (Å²) in [4.78, 5) is 0. The molecule has 13 heavy (non-hydrogen) atoms. The molecule has 2 nitrogen and oxygen atoms in total. The van der Waals surface area contributed by atoms with Gasteiger partial charge in [0.05, 0.1) is 0 Å². The van der Waals surface area contributed by atoms with Crippen molar-refractivity contribution in [2.45, 2.75) is 39.5 Å². The van der Waals surface area contributed by atoms with Crippen LogP contribution in [0.5, 0.6) is 0 Å². The number of unbranched alkanes of at least 4 members (excludes halogenated alkanes) is 2. The molecule has 0 saturated carbocycles. The first-order valence-electron chi connectivity index (χ1n) is 3.96. The summed E-state index contributed by atoms with van der Waals surface area (Å²) in [5.41, 5.74) is 0. The second-order valence-corrected chi connectivity index (χ2v) is 2.62. The van der Waals surface area contributed by atoms with E-state index in [0.717, 1.165) is 12.8 Å². The van der Waals surface area contributed by atoms with Crippen LogP contribution in [-0.4, -0.2) is 23.9 Å². The normalized spacial score (nSPS) is 6.23. The zero-order valence-electron chi connectivity index (χ0n) is 8.45. The van der Waals surface area contributed by atoms with Gasteiger partial charge >= 0.3 is 23.9 Å². The van der Waals surface area contributed by atoms with Gasteiger partial charge in [0.25, 0.3) is 0 Å². The molecule has 0 atom stereocenters. The van der Waals surface area contributed by atoms with E-state index in [1.54, 1.807) is 0 Å². The van der Waals surface area contributed by atoms with Crippen molar-refractivity contribution in [3.8, 4) is 0 Å². The van der Waals surface area contributed by atoms with E-state index >= 15 is 0 Å². The first-order chi connectivity index (χ1) is 5.74. The van der Waals surface area contributed by atoms with E-state index in [4.69, 9.17) is 4.78 Å². The van der Waals surface area contributed by atoms with Crippen LogP contribution < -0.4 is 0 Å². The van der Waals surface area contributed by atoms with Crippen LogP contribution in [0.15, 0.2) is 3.77 Å². The zero-order valence-corrected chi connectivity index (χ0v) is 12.9. The second-order valence-electron chi connectivity index (χ2n) is 1.86. The maximum atomic E-state index is 7.52.